The lowest BCUT2D eigenvalue weighted by Crippen LogP contribution is -2.22. The van der Waals surface area contributed by atoms with Crippen LogP contribution in [-0.2, 0) is 4.79 Å². The molecule has 0 rings (SSSR count). The summed E-state index contributed by atoms with van der Waals surface area (Å²) >= 11 is 0. The fraction of sp³-hybridized carbons (Fsp3) is 0.750. The monoisotopic (exact) mass is 139 g/mol. The highest BCUT2D eigenvalue weighted by molar-refractivity contribution is 5.84. The summed E-state index contributed by atoms with van der Waals surface area (Å²) in [5, 5.41) is 8.62. The second kappa shape index (κ2) is 3.36. The van der Waals surface area contributed by atoms with Gasteiger partial charge in [-0.15, -0.1) is 0 Å². The number of nitriles is 1. The summed E-state index contributed by atoms with van der Waals surface area (Å²) in [6.45, 7) is 5.14. The molecule has 0 saturated carbocycles. The van der Waals surface area contributed by atoms with E-state index in [-0.39, 0.29) is 5.78 Å². The Morgan fingerprint density at radius 2 is 2.20 bits per heavy atom. The van der Waals surface area contributed by atoms with E-state index in [9.17, 15) is 4.79 Å². The second-order valence-electron chi connectivity index (χ2n) is 2.75. The number of ketones is 1. The summed E-state index contributed by atoms with van der Waals surface area (Å²) in [6.07, 6.45) is 1.54. The van der Waals surface area contributed by atoms with Crippen molar-refractivity contribution in [3.8, 4) is 6.07 Å². The molecule has 1 atom stereocenters. The van der Waals surface area contributed by atoms with E-state index in [1.165, 1.54) is 6.92 Å². The van der Waals surface area contributed by atoms with Crippen molar-refractivity contribution < 1.29 is 4.79 Å². The molecule has 0 aliphatic rings. The number of carbonyl (C=O) groups is 1. The van der Waals surface area contributed by atoms with E-state index in [0.29, 0.717) is 6.42 Å². The lowest BCUT2D eigenvalue weighted by Gasteiger charge is -2.15. The van der Waals surface area contributed by atoms with E-state index in [4.69, 9.17) is 5.26 Å². The molecule has 2 heteroatoms. The zero-order valence-electron chi connectivity index (χ0n) is 6.77. The molecule has 0 aliphatic carbocycles. The zero-order valence-corrected chi connectivity index (χ0v) is 6.77. The SMILES string of the molecule is CCC[C@](C)(C#N)C(C)=O. The van der Waals surface area contributed by atoms with Crippen LogP contribution in [0.1, 0.15) is 33.6 Å². The fourth-order valence-corrected chi connectivity index (χ4v) is 0.811. The highest BCUT2D eigenvalue weighted by Crippen LogP contribution is 2.22. The van der Waals surface area contributed by atoms with Gasteiger partial charge in [0, 0.05) is 0 Å². The molecule has 0 N–H and O–H groups in total. The molecule has 2 nitrogen and oxygen atoms in total. The molecular weight excluding hydrogens is 126 g/mol. The molecule has 0 heterocycles. The first kappa shape index (κ1) is 9.16. The van der Waals surface area contributed by atoms with Gasteiger partial charge in [-0.1, -0.05) is 13.3 Å². The Kier molecular flexibility index (Phi) is 3.08. The molecule has 56 valence electrons. The standard InChI is InChI=1S/C8H13NO/c1-4-5-8(3,6-9)7(2)10/h4-5H2,1-3H3/t8-/m1/s1. The maximum atomic E-state index is 10.9. The molecule has 0 fully saturated rings. The van der Waals surface area contributed by atoms with Crippen LogP contribution in [0, 0.1) is 16.7 Å². The van der Waals surface area contributed by atoms with Gasteiger partial charge in [0.25, 0.3) is 0 Å². The van der Waals surface area contributed by atoms with Crippen molar-refractivity contribution >= 4 is 5.78 Å². The third-order valence-electron chi connectivity index (χ3n) is 1.77. The molecule has 10 heavy (non-hydrogen) atoms. The van der Waals surface area contributed by atoms with E-state index in [0.717, 1.165) is 6.42 Å². The topological polar surface area (TPSA) is 40.9 Å². The first-order valence-corrected chi connectivity index (χ1v) is 3.49. The van der Waals surface area contributed by atoms with Gasteiger partial charge in [-0.3, -0.25) is 4.79 Å². The lowest BCUT2D eigenvalue weighted by molar-refractivity contribution is -0.123. The molecule has 0 unspecified atom stereocenters. The number of hydrogen-bond acceptors (Lipinski definition) is 2. The second-order valence-corrected chi connectivity index (χ2v) is 2.75. The average Bonchev–Trinajstić information content (AvgIpc) is 1.88. The third kappa shape index (κ3) is 1.84. The van der Waals surface area contributed by atoms with Crippen LogP contribution < -0.4 is 0 Å². The van der Waals surface area contributed by atoms with E-state index in [1.807, 2.05) is 13.0 Å². The predicted molar refractivity (Wildman–Crippen MR) is 39.3 cm³/mol. The largest absolute Gasteiger partial charge is 0.298 e. The fourth-order valence-electron chi connectivity index (χ4n) is 0.811. The van der Waals surface area contributed by atoms with Crippen molar-refractivity contribution in [3.63, 3.8) is 0 Å². The number of carbonyl (C=O) groups excluding carboxylic acids is 1. The van der Waals surface area contributed by atoms with Gasteiger partial charge in [-0.2, -0.15) is 5.26 Å². The van der Waals surface area contributed by atoms with Crippen molar-refractivity contribution in [2.75, 3.05) is 0 Å². The van der Waals surface area contributed by atoms with Gasteiger partial charge in [-0.05, 0) is 20.3 Å². The minimum atomic E-state index is -0.741. The number of Topliss-reactive ketones (excluding diaryl/α,β-unsaturated/α-hetero) is 1. The van der Waals surface area contributed by atoms with Gasteiger partial charge in [0.05, 0.1) is 6.07 Å². The van der Waals surface area contributed by atoms with Crippen molar-refractivity contribution in [1.82, 2.24) is 0 Å². The molecule has 0 aliphatic heterocycles. The summed E-state index contributed by atoms with van der Waals surface area (Å²) in [7, 11) is 0. The van der Waals surface area contributed by atoms with Crippen molar-refractivity contribution in [2.45, 2.75) is 33.6 Å². The molecule has 0 bridgehead atoms. The molecule has 0 radical (unpaired) electrons. The number of rotatable bonds is 3. The Hall–Kier alpha value is -0.840. The summed E-state index contributed by atoms with van der Waals surface area (Å²) in [4.78, 5) is 10.9. The first-order chi connectivity index (χ1) is 4.56. The summed E-state index contributed by atoms with van der Waals surface area (Å²) in [5.41, 5.74) is -0.741. The molecule has 0 spiro atoms. The van der Waals surface area contributed by atoms with E-state index >= 15 is 0 Å². The molecule has 0 amide bonds. The predicted octanol–water partition coefficient (Wildman–Crippen LogP) is 1.91. The molecule has 0 aromatic carbocycles. The number of hydrogen-bond donors (Lipinski definition) is 0. The Bertz CT molecular complexity index is 169. The Labute approximate surface area is 61.8 Å². The lowest BCUT2D eigenvalue weighted by atomic mass is 9.84. The minimum Gasteiger partial charge on any atom is -0.298 e. The van der Waals surface area contributed by atoms with E-state index in [2.05, 4.69) is 0 Å². The Morgan fingerprint density at radius 1 is 1.70 bits per heavy atom. The number of nitrogens with zero attached hydrogens (tertiary/aromatic N) is 1. The highest BCUT2D eigenvalue weighted by Gasteiger charge is 2.27. The van der Waals surface area contributed by atoms with Crippen LogP contribution in [0.25, 0.3) is 0 Å². The smallest absolute Gasteiger partial charge is 0.149 e. The molecular formula is C8H13NO. The highest BCUT2D eigenvalue weighted by atomic mass is 16.1. The van der Waals surface area contributed by atoms with Crippen LogP contribution in [0.3, 0.4) is 0 Å². The van der Waals surface area contributed by atoms with Crippen LogP contribution in [0.15, 0.2) is 0 Å². The Balaban J connectivity index is 4.27. The summed E-state index contributed by atoms with van der Waals surface area (Å²) in [6, 6.07) is 2.03. The van der Waals surface area contributed by atoms with Gasteiger partial charge >= 0.3 is 0 Å². The Morgan fingerprint density at radius 3 is 2.30 bits per heavy atom. The van der Waals surface area contributed by atoms with Crippen LogP contribution in [0.2, 0.25) is 0 Å². The van der Waals surface area contributed by atoms with Crippen LogP contribution in [0.4, 0.5) is 0 Å². The van der Waals surface area contributed by atoms with Crippen molar-refractivity contribution in [1.29, 1.82) is 5.26 Å². The summed E-state index contributed by atoms with van der Waals surface area (Å²) < 4.78 is 0. The van der Waals surface area contributed by atoms with Gasteiger partial charge in [-0.25, -0.2) is 0 Å². The average molecular weight is 139 g/mol. The quantitative estimate of drug-likeness (QED) is 0.599. The van der Waals surface area contributed by atoms with E-state index < -0.39 is 5.41 Å². The molecule has 0 aromatic heterocycles. The van der Waals surface area contributed by atoms with E-state index in [1.54, 1.807) is 6.92 Å². The summed E-state index contributed by atoms with van der Waals surface area (Å²) in [5.74, 6) is -0.0307. The maximum Gasteiger partial charge on any atom is 0.149 e. The molecule has 0 aromatic rings. The van der Waals surface area contributed by atoms with Crippen molar-refractivity contribution in [3.05, 3.63) is 0 Å². The van der Waals surface area contributed by atoms with Gasteiger partial charge in [0.2, 0.25) is 0 Å². The van der Waals surface area contributed by atoms with Crippen molar-refractivity contribution in [2.24, 2.45) is 5.41 Å². The zero-order chi connectivity index (χ0) is 8.20. The minimum absolute atomic E-state index is 0.0307. The van der Waals surface area contributed by atoms with Gasteiger partial charge < -0.3 is 0 Å². The van der Waals surface area contributed by atoms with Crippen LogP contribution in [0.5, 0.6) is 0 Å². The third-order valence-corrected chi connectivity index (χ3v) is 1.77. The van der Waals surface area contributed by atoms with Gasteiger partial charge in [0.15, 0.2) is 0 Å². The van der Waals surface area contributed by atoms with Crippen LogP contribution >= 0.6 is 0 Å². The first-order valence-electron chi connectivity index (χ1n) is 3.49. The van der Waals surface area contributed by atoms with Crippen LogP contribution in [-0.4, -0.2) is 5.78 Å². The normalized spacial score (nSPS) is 15.4. The maximum absolute atomic E-state index is 10.9. The van der Waals surface area contributed by atoms with Gasteiger partial charge in [0.1, 0.15) is 11.2 Å². The molecule has 0 saturated heterocycles.